The maximum atomic E-state index is 12.3. The number of hydrogen-bond acceptors (Lipinski definition) is 2. The number of benzene rings is 1. The Balaban J connectivity index is 1.35. The lowest BCUT2D eigenvalue weighted by Gasteiger charge is -2.22. The highest BCUT2D eigenvalue weighted by atomic mass is 16.3. The molecule has 0 aromatic heterocycles. The van der Waals surface area contributed by atoms with Crippen molar-refractivity contribution in [3.63, 3.8) is 0 Å². The molecule has 0 heterocycles. The van der Waals surface area contributed by atoms with E-state index in [-0.39, 0.29) is 12.6 Å². The Morgan fingerprint density at radius 2 is 2.18 bits per heavy atom. The number of nitrogens with zero attached hydrogens (tertiary/aromatic N) is 1. The highest BCUT2D eigenvalue weighted by Crippen LogP contribution is 2.61. The summed E-state index contributed by atoms with van der Waals surface area (Å²) in [6.07, 6.45) is 5.77. The summed E-state index contributed by atoms with van der Waals surface area (Å²) in [6, 6.07) is 9.13. The van der Waals surface area contributed by atoms with Crippen molar-refractivity contribution in [3.8, 4) is 0 Å². The highest BCUT2D eigenvalue weighted by Gasteiger charge is 2.57. The molecule has 22 heavy (non-hydrogen) atoms. The molecule has 3 aliphatic rings. The average Bonchev–Trinajstić information content (AvgIpc) is 3.43. The molecular formula is C18H24N2O2. The molecule has 4 nitrogen and oxygen atoms in total. The van der Waals surface area contributed by atoms with Crippen LogP contribution >= 0.6 is 0 Å². The molecule has 4 heteroatoms. The van der Waals surface area contributed by atoms with E-state index in [0.29, 0.717) is 23.9 Å². The molecule has 118 valence electrons. The molecule has 2 fully saturated rings. The standard InChI is InChI=1S/C18H24N2O2/c21-10-9-20(15-5-6-15)17(22)19-12-14-11-18(14)8-7-13-3-1-2-4-16(13)18/h1-4,14-15,21H,5-12H2,(H,19,22)/t14-,18+/m1/s1. The minimum Gasteiger partial charge on any atom is -0.395 e. The molecule has 1 spiro atoms. The lowest BCUT2D eigenvalue weighted by molar-refractivity contribution is 0.173. The number of carbonyl (C=O) groups is 1. The third-order valence-corrected chi connectivity index (χ3v) is 5.72. The highest BCUT2D eigenvalue weighted by molar-refractivity contribution is 5.75. The summed E-state index contributed by atoms with van der Waals surface area (Å²) in [7, 11) is 0. The first-order valence-corrected chi connectivity index (χ1v) is 8.48. The number of fused-ring (bicyclic) bond motifs is 2. The van der Waals surface area contributed by atoms with Gasteiger partial charge in [0.25, 0.3) is 0 Å². The largest absolute Gasteiger partial charge is 0.395 e. The first-order valence-electron chi connectivity index (χ1n) is 8.48. The van der Waals surface area contributed by atoms with Crippen molar-refractivity contribution in [3.05, 3.63) is 35.4 Å². The van der Waals surface area contributed by atoms with Crippen molar-refractivity contribution in [2.45, 2.75) is 43.6 Å². The molecule has 2 N–H and O–H groups in total. The second-order valence-corrected chi connectivity index (χ2v) is 7.05. The van der Waals surface area contributed by atoms with Crippen LogP contribution in [-0.2, 0) is 11.8 Å². The van der Waals surface area contributed by atoms with Gasteiger partial charge in [0.2, 0.25) is 0 Å². The predicted molar refractivity (Wildman–Crippen MR) is 84.8 cm³/mol. The Kier molecular flexibility index (Phi) is 3.37. The van der Waals surface area contributed by atoms with Crippen LogP contribution in [0.5, 0.6) is 0 Å². The first-order chi connectivity index (χ1) is 10.7. The molecule has 0 saturated heterocycles. The molecule has 0 bridgehead atoms. The van der Waals surface area contributed by atoms with Gasteiger partial charge < -0.3 is 15.3 Å². The van der Waals surface area contributed by atoms with Gasteiger partial charge in [-0.3, -0.25) is 0 Å². The Labute approximate surface area is 131 Å². The van der Waals surface area contributed by atoms with Crippen LogP contribution in [0.15, 0.2) is 24.3 Å². The van der Waals surface area contributed by atoms with E-state index in [2.05, 4.69) is 29.6 Å². The smallest absolute Gasteiger partial charge is 0.317 e. The fourth-order valence-electron chi connectivity index (χ4n) is 4.26. The summed E-state index contributed by atoms with van der Waals surface area (Å²) in [4.78, 5) is 14.1. The number of urea groups is 1. The predicted octanol–water partition coefficient (Wildman–Crippen LogP) is 2.06. The van der Waals surface area contributed by atoms with Gasteiger partial charge in [0, 0.05) is 24.5 Å². The average molecular weight is 300 g/mol. The van der Waals surface area contributed by atoms with Gasteiger partial charge in [-0.2, -0.15) is 0 Å². The molecular weight excluding hydrogens is 276 g/mol. The first kappa shape index (κ1) is 14.1. The molecule has 0 aliphatic heterocycles. The lowest BCUT2D eigenvalue weighted by Crippen LogP contribution is -2.43. The fourth-order valence-corrected chi connectivity index (χ4v) is 4.26. The number of aryl methyl sites for hydroxylation is 1. The number of rotatable bonds is 5. The summed E-state index contributed by atoms with van der Waals surface area (Å²) < 4.78 is 0. The molecule has 0 unspecified atom stereocenters. The molecule has 2 saturated carbocycles. The van der Waals surface area contributed by atoms with Gasteiger partial charge in [0.15, 0.2) is 0 Å². The summed E-state index contributed by atoms with van der Waals surface area (Å²) in [5.41, 5.74) is 3.35. The molecule has 2 atom stereocenters. The van der Waals surface area contributed by atoms with E-state index in [1.54, 1.807) is 4.90 Å². The van der Waals surface area contributed by atoms with Gasteiger partial charge in [-0.15, -0.1) is 0 Å². The van der Waals surface area contributed by atoms with Crippen molar-refractivity contribution < 1.29 is 9.90 Å². The van der Waals surface area contributed by atoms with Crippen LogP contribution in [0.1, 0.15) is 36.8 Å². The molecule has 2 amide bonds. The van der Waals surface area contributed by atoms with Crippen LogP contribution in [-0.4, -0.2) is 41.8 Å². The molecule has 4 rings (SSSR count). The number of aliphatic hydroxyl groups excluding tert-OH is 1. The maximum absolute atomic E-state index is 12.3. The van der Waals surface area contributed by atoms with Crippen LogP contribution < -0.4 is 5.32 Å². The van der Waals surface area contributed by atoms with Crippen molar-refractivity contribution in [1.82, 2.24) is 10.2 Å². The van der Waals surface area contributed by atoms with Crippen molar-refractivity contribution >= 4 is 6.03 Å². The Bertz CT molecular complexity index is 584. The number of aliphatic hydroxyl groups is 1. The monoisotopic (exact) mass is 300 g/mol. The maximum Gasteiger partial charge on any atom is 0.317 e. The summed E-state index contributed by atoms with van der Waals surface area (Å²) >= 11 is 0. The minimum atomic E-state index is 0.00452. The second-order valence-electron chi connectivity index (χ2n) is 7.05. The van der Waals surface area contributed by atoms with Gasteiger partial charge in [0.05, 0.1) is 6.61 Å². The van der Waals surface area contributed by atoms with Crippen LogP contribution in [0.4, 0.5) is 4.79 Å². The van der Waals surface area contributed by atoms with Gasteiger partial charge in [0.1, 0.15) is 0 Å². The number of amides is 2. The summed E-state index contributed by atoms with van der Waals surface area (Å²) in [5, 5.41) is 12.2. The zero-order valence-electron chi connectivity index (χ0n) is 12.9. The van der Waals surface area contributed by atoms with E-state index in [1.165, 1.54) is 30.4 Å². The zero-order valence-corrected chi connectivity index (χ0v) is 12.9. The zero-order chi connectivity index (χ0) is 15.2. The van der Waals surface area contributed by atoms with Gasteiger partial charge in [-0.1, -0.05) is 24.3 Å². The third kappa shape index (κ3) is 2.30. The van der Waals surface area contributed by atoms with E-state index in [0.717, 1.165) is 19.4 Å². The third-order valence-electron chi connectivity index (χ3n) is 5.72. The summed E-state index contributed by atoms with van der Waals surface area (Å²) in [6.45, 7) is 1.27. The van der Waals surface area contributed by atoms with Crippen LogP contribution in [0.25, 0.3) is 0 Å². The summed E-state index contributed by atoms with van der Waals surface area (Å²) in [5.74, 6) is 0.579. The lowest BCUT2D eigenvalue weighted by atomic mass is 9.95. The molecule has 3 aliphatic carbocycles. The van der Waals surface area contributed by atoms with E-state index < -0.39 is 0 Å². The van der Waals surface area contributed by atoms with Gasteiger partial charge >= 0.3 is 6.03 Å². The fraction of sp³-hybridized carbons (Fsp3) is 0.611. The van der Waals surface area contributed by atoms with Gasteiger partial charge in [-0.25, -0.2) is 4.79 Å². The minimum absolute atomic E-state index is 0.00452. The topological polar surface area (TPSA) is 52.6 Å². The Hall–Kier alpha value is -1.55. The number of carbonyl (C=O) groups excluding carboxylic acids is 1. The second kappa shape index (κ2) is 5.27. The van der Waals surface area contributed by atoms with Crippen molar-refractivity contribution in [2.75, 3.05) is 19.7 Å². The number of hydrogen-bond donors (Lipinski definition) is 2. The molecule has 1 aromatic carbocycles. The van der Waals surface area contributed by atoms with Crippen LogP contribution in [0.2, 0.25) is 0 Å². The van der Waals surface area contributed by atoms with E-state index in [1.807, 2.05) is 0 Å². The van der Waals surface area contributed by atoms with E-state index in [9.17, 15) is 4.79 Å². The van der Waals surface area contributed by atoms with E-state index >= 15 is 0 Å². The van der Waals surface area contributed by atoms with Gasteiger partial charge in [-0.05, 0) is 49.1 Å². The van der Waals surface area contributed by atoms with Crippen LogP contribution in [0, 0.1) is 5.92 Å². The van der Waals surface area contributed by atoms with Crippen molar-refractivity contribution in [2.24, 2.45) is 5.92 Å². The molecule has 1 aromatic rings. The molecule has 0 radical (unpaired) electrons. The van der Waals surface area contributed by atoms with Crippen LogP contribution in [0.3, 0.4) is 0 Å². The SMILES string of the molecule is O=C(NC[C@H]1C[C@@]12CCc1ccccc12)N(CCO)C1CC1. The normalized spacial score (nSPS) is 28.5. The number of nitrogens with one attached hydrogen (secondary N) is 1. The Morgan fingerprint density at radius 1 is 1.36 bits per heavy atom. The van der Waals surface area contributed by atoms with Crippen molar-refractivity contribution in [1.29, 1.82) is 0 Å². The Morgan fingerprint density at radius 3 is 2.95 bits per heavy atom. The van der Waals surface area contributed by atoms with E-state index in [4.69, 9.17) is 5.11 Å². The quantitative estimate of drug-likeness (QED) is 0.874.